The summed E-state index contributed by atoms with van der Waals surface area (Å²) in [4.78, 5) is 14.9. The summed E-state index contributed by atoms with van der Waals surface area (Å²) in [5, 5.41) is 9.27. The van der Waals surface area contributed by atoms with Crippen LogP contribution in [0.15, 0.2) is 42.1 Å². The Kier molecular flexibility index (Phi) is 7.36. The van der Waals surface area contributed by atoms with Gasteiger partial charge in [-0.1, -0.05) is 37.1 Å². The number of nitrogens with zero attached hydrogens (tertiary/aromatic N) is 4. The van der Waals surface area contributed by atoms with Crippen LogP contribution in [0.25, 0.3) is 11.4 Å². The molecule has 29 heavy (non-hydrogen) atoms. The monoisotopic (exact) mass is 414 g/mol. The Morgan fingerprint density at radius 1 is 1.31 bits per heavy atom. The summed E-state index contributed by atoms with van der Waals surface area (Å²) < 4.78 is 7.24. The number of hydrogen-bond acceptors (Lipinski definition) is 5. The molecule has 1 fully saturated rings. The second kappa shape index (κ2) is 9.96. The second-order valence-electron chi connectivity index (χ2n) is 7.44. The minimum Gasteiger partial charge on any atom is -0.497 e. The molecule has 1 heterocycles. The fourth-order valence-electron chi connectivity index (χ4n) is 3.77. The van der Waals surface area contributed by atoms with Crippen molar-refractivity contribution >= 4 is 17.7 Å². The quantitative estimate of drug-likeness (QED) is 0.473. The summed E-state index contributed by atoms with van der Waals surface area (Å²) >= 11 is 1.46. The Bertz CT molecular complexity index is 828. The molecule has 3 rings (SSSR count). The molecule has 0 bridgehead atoms. The highest BCUT2D eigenvalue weighted by atomic mass is 32.2. The van der Waals surface area contributed by atoms with Gasteiger partial charge in [-0.25, -0.2) is 0 Å². The highest BCUT2D eigenvalue weighted by Crippen LogP contribution is 2.30. The van der Waals surface area contributed by atoms with Gasteiger partial charge in [-0.15, -0.1) is 16.8 Å². The van der Waals surface area contributed by atoms with Crippen LogP contribution in [0, 0.1) is 0 Å². The predicted molar refractivity (Wildman–Crippen MR) is 117 cm³/mol. The van der Waals surface area contributed by atoms with Crippen molar-refractivity contribution in [3.8, 4) is 17.1 Å². The van der Waals surface area contributed by atoms with E-state index >= 15 is 0 Å². The fourth-order valence-corrected chi connectivity index (χ4v) is 4.73. The van der Waals surface area contributed by atoms with Crippen molar-refractivity contribution in [1.29, 1.82) is 0 Å². The zero-order chi connectivity index (χ0) is 20.8. The van der Waals surface area contributed by atoms with Gasteiger partial charge in [-0.2, -0.15) is 0 Å². The molecular weight excluding hydrogens is 384 g/mol. The number of amides is 1. The third-order valence-corrected chi connectivity index (χ3v) is 6.54. The first-order valence-electron chi connectivity index (χ1n) is 10.2. The number of benzene rings is 1. The Labute approximate surface area is 177 Å². The number of ether oxygens (including phenoxy) is 1. The second-order valence-corrected chi connectivity index (χ2v) is 8.74. The third-order valence-electron chi connectivity index (χ3n) is 5.48. The minimum atomic E-state index is -0.224. The van der Waals surface area contributed by atoms with Crippen molar-refractivity contribution in [2.24, 2.45) is 0 Å². The van der Waals surface area contributed by atoms with E-state index in [0.717, 1.165) is 35.1 Å². The van der Waals surface area contributed by atoms with Gasteiger partial charge in [0.2, 0.25) is 5.91 Å². The normalized spacial score (nSPS) is 15.7. The molecule has 0 N–H and O–H groups in total. The van der Waals surface area contributed by atoms with Gasteiger partial charge in [-0.05, 0) is 44.0 Å². The van der Waals surface area contributed by atoms with Crippen molar-refractivity contribution in [1.82, 2.24) is 19.7 Å². The lowest BCUT2D eigenvalue weighted by molar-refractivity contribution is -0.131. The first-order valence-corrected chi connectivity index (χ1v) is 11.0. The maximum absolute atomic E-state index is 13.0. The summed E-state index contributed by atoms with van der Waals surface area (Å²) in [5.41, 5.74) is 0.949. The van der Waals surface area contributed by atoms with Gasteiger partial charge in [0.15, 0.2) is 11.0 Å². The van der Waals surface area contributed by atoms with E-state index in [9.17, 15) is 4.79 Å². The zero-order valence-electron chi connectivity index (χ0n) is 17.5. The Balaban J connectivity index is 1.76. The maximum Gasteiger partial charge on any atom is 0.235 e. The zero-order valence-corrected chi connectivity index (χ0v) is 18.3. The summed E-state index contributed by atoms with van der Waals surface area (Å²) in [5.74, 6) is 1.71. The van der Waals surface area contributed by atoms with E-state index in [1.54, 1.807) is 7.11 Å². The van der Waals surface area contributed by atoms with E-state index in [1.165, 1.54) is 31.0 Å². The van der Waals surface area contributed by atoms with E-state index in [-0.39, 0.29) is 11.2 Å². The first kappa shape index (κ1) is 21.4. The highest BCUT2D eigenvalue weighted by Gasteiger charge is 2.27. The van der Waals surface area contributed by atoms with Crippen molar-refractivity contribution in [2.75, 3.05) is 14.2 Å². The molecular formula is C22H30N4O2S. The molecule has 1 aromatic heterocycles. The van der Waals surface area contributed by atoms with Crippen LogP contribution in [-0.2, 0) is 11.3 Å². The molecule has 1 aliphatic carbocycles. The Hall–Kier alpha value is -2.28. The van der Waals surface area contributed by atoms with Crippen molar-refractivity contribution in [3.05, 3.63) is 36.9 Å². The van der Waals surface area contributed by atoms with Gasteiger partial charge in [0, 0.05) is 25.2 Å². The van der Waals surface area contributed by atoms with Crippen LogP contribution < -0.4 is 4.74 Å². The van der Waals surface area contributed by atoms with Gasteiger partial charge in [0.25, 0.3) is 0 Å². The molecule has 0 spiro atoms. The SMILES string of the molecule is C=CCn1c(S[C@@H](C)C(=O)N(C)C2CCCCC2)nnc1-c1ccc(OC)cc1. The Morgan fingerprint density at radius 2 is 2.00 bits per heavy atom. The van der Waals surface area contributed by atoms with Crippen LogP contribution in [0.4, 0.5) is 0 Å². The van der Waals surface area contributed by atoms with E-state index in [0.29, 0.717) is 12.6 Å². The smallest absolute Gasteiger partial charge is 0.235 e. The molecule has 7 heteroatoms. The van der Waals surface area contributed by atoms with Crippen LogP contribution in [0.2, 0.25) is 0 Å². The maximum atomic E-state index is 13.0. The molecule has 1 atom stereocenters. The molecule has 0 unspecified atom stereocenters. The van der Waals surface area contributed by atoms with Crippen LogP contribution in [-0.4, -0.2) is 51.0 Å². The van der Waals surface area contributed by atoms with Gasteiger partial charge in [0.1, 0.15) is 5.75 Å². The number of carbonyl (C=O) groups excluding carboxylic acids is 1. The Morgan fingerprint density at radius 3 is 2.62 bits per heavy atom. The summed E-state index contributed by atoms with van der Waals surface area (Å²) in [6.45, 7) is 6.39. The molecule has 1 amide bonds. The van der Waals surface area contributed by atoms with E-state index in [2.05, 4.69) is 16.8 Å². The minimum absolute atomic E-state index is 0.154. The van der Waals surface area contributed by atoms with Crippen molar-refractivity contribution in [2.45, 2.75) is 62.0 Å². The lowest BCUT2D eigenvalue weighted by atomic mass is 9.94. The van der Waals surface area contributed by atoms with Crippen LogP contribution in [0.1, 0.15) is 39.0 Å². The predicted octanol–water partition coefficient (Wildman–Crippen LogP) is 4.41. The number of hydrogen-bond donors (Lipinski definition) is 0. The van der Waals surface area contributed by atoms with Gasteiger partial charge < -0.3 is 9.64 Å². The number of allylic oxidation sites excluding steroid dienone is 1. The summed E-state index contributed by atoms with van der Waals surface area (Å²) in [6, 6.07) is 8.09. The van der Waals surface area contributed by atoms with Crippen molar-refractivity contribution in [3.63, 3.8) is 0 Å². The lowest BCUT2D eigenvalue weighted by Crippen LogP contribution is -2.42. The van der Waals surface area contributed by atoms with Crippen LogP contribution in [0.5, 0.6) is 5.75 Å². The summed E-state index contributed by atoms with van der Waals surface area (Å²) in [6.07, 6.45) is 7.73. The molecule has 1 aromatic carbocycles. The van der Waals surface area contributed by atoms with Crippen molar-refractivity contribution < 1.29 is 9.53 Å². The average Bonchev–Trinajstić information content (AvgIpc) is 3.15. The average molecular weight is 415 g/mol. The van der Waals surface area contributed by atoms with E-state index < -0.39 is 0 Å². The molecule has 1 aliphatic rings. The summed E-state index contributed by atoms with van der Waals surface area (Å²) in [7, 11) is 3.58. The van der Waals surface area contributed by atoms with E-state index in [1.807, 2.05) is 53.8 Å². The van der Waals surface area contributed by atoms with Gasteiger partial charge in [0.05, 0.1) is 12.4 Å². The molecule has 0 radical (unpaired) electrons. The highest BCUT2D eigenvalue weighted by molar-refractivity contribution is 8.00. The first-order chi connectivity index (χ1) is 14.0. The number of thioether (sulfide) groups is 1. The lowest BCUT2D eigenvalue weighted by Gasteiger charge is -2.32. The number of methoxy groups -OCH3 is 1. The largest absolute Gasteiger partial charge is 0.497 e. The van der Waals surface area contributed by atoms with E-state index in [4.69, 9.17) is 4.74 Å². The number of carbonyl (C=O) groups is 1. The standard InChI is InChI=1S/C22H30N4O2S/c1-5-15-26-20(17-11-13-19(28-4)14-12-17)23-24-22(26)29-16(2)21(27)25(3)18-9-7-6-8-10-18/h5,11-14,16,18H,1,6-10,15H2,2-4H3/t16-/m0/s1. The number of rotatable bonds is 8. The molecule has 156 valence electrons. The molecule has 1 saturated carbocycles. The van der Waals surface area contributed by atoms with Crippen LogP contribution in [0.3, 0.4) is 0 Å². The molecule has 2 aromatic rings. The molecule has 6 nitrogen and oxygen atoms in total. The van der Waals surface area contributed by atoms with Gasteiger partial charge in [-0.3, -0.25) is 9.36 Å². The molecule has 0 aliphatic heterocycles. The van der Waals surface area contributed by atoms with Crippen LogP contribution >= 0.6 is 11.8 Å². The fraction of sp³-hybridized carbons (Fsp3) is 0.500. The van der Waals surface area contributed by atoms with Gasteiger partial charge >= 0.3 is 0 Å². The third kappa shape index (κ3) is 5.01. The number of aromatic nitrogens is 3. The topological polar surface area (TPSA) is 60.2 Å². The molecule has 0 saturated heterocycles.